The number of hydrogen-bond acceptors (Lipinski definition) is 6. The summed E-state index contributed by atoms with van der Waals surface area (Å²) >= 11 is 0. The third-order valence-electron chi connectivity index (χ3n) is 11.6. The number of esters is 3. The molecule has 0 aliphatic carbocycles. The Morgan fingerprint density at radius 2 is 0.549 bits per heavy atom. The fourth-order valence-corrected chi connectivity index (χ4v) is 7.38. The van der Waals surface area contributed by atoms with E-state index in [4.69, 9.17) is 14.2 Å². The molecule has 0 rings (SSSR count). The van der Waals surface area contributed by atoms with Gasteiger partial charge in [-0.3, -0.25) is 14.4 Å². The van der Waals surface area contributed by atoms with Crippen LogP contribution >= 0.6 is 0 Å². The van der Waals surface area contributed by atoms with Gasteiger partial charge in [0.25, 0.3) is 0 Å². The van der Waals surface area contributed by atoms with Gasteiger partial charge in [0.15, 0.2) is 6.10 Å². The zero-order valence-corrected chi connectivity index (χ0v) is 45.7. The molecule has 71 heavy (non-hydrogen) atoms. The normalized spacial score (nSPS) is 13.1. The predicted octanol–water partition coefficient (Wildman–Crippen LogP) is 19.4. The Hall–Kier alpha value is -4.45. The molecule has 0 aliphatic heterocycles. The molecule has 0 radical (unpaired) electrons. The topological polar surface area (TPSA) is 78.9 Å². The second-order valence-electron chi connectivity index (χ2n) is 18.4. The molecule has 0 aromatic heterocycles. The van der Waals surface area contributed by atoms with Crippen LogP contribution < -0.4 is 0 Å². The summed E-state index contributed by atoms with van der Waals surface area (Å²) in [6.45, 7) is 6.29. The van der Waals surface area contributed by atoms with Crippen molar-refractivity contribution in [2.45, 2.75) is 245 Å². The van der Waals surface area contributed by atoms with Crippen LogP contribution in [0.3, 0.4) is 0 Å². The molecule has 6 nitrogen and oxygen atoms in total. The number of ether oxygens (including phenoxy) is 3. The molecule has 0 spiro atoms. The zero-order valence-electron chi connectivity index (χ0n) is 45.7. The van der Waals surface area contributed by atoms with Gasteiger partial charge in [0.2, 0.25) is 0 Å². The van der Waals surface area contributed by atoms with Crippen LogP contribution in [0.25, 0.3) is 0 Å². The van der Waals surface area contributed by atoms with E-state index in [9.17, 15) is 14.4 Å². The van der Waals surface area contributed by atoms with Gasteiger partial charge in [-0.25, -0.2) is 0 Å². The molecule has 0 bridgehead atoms. The predicted molar refractivity (Wildman–Crippen MR) is 306 cm³/mol. The van der Waals surface area contributed by atoms with E-state index in [1.165, 1.54) is 38.5 Å². The maximum Gasteiger partial charge on any atom is 0.306 e. The van der Waals surface area contributed by atoms with E-state index in [1.54, 1.807) is 0 Å². The highest BCUT2D eigenvalue weighted by atomic mass is 16.6. The van der Waals surface area contributed by atoms with E-state index in [0.717, 1.165) is 161 Å². The Bertz CT molecular complexity index is 1550. The van der Waals surface area contributed by atoms with Gasteiger partial charge < -0.3 is 14.2 Å². The highest BCUT2D eigenvalue weighted by molar-refractivity contribution is 5.71. The van der Waals surface area contributed by atoms with Gasteiger partial charge in [-0.15, -0.1) is 0 Å². The van der Waals surface area contributed by atoms with Gasteiger partial charge in [-0.1, -0.05) is 225 Å². The highest BCUT2D eigenvalue weighted by Gasteiger charge is 2.19. The maximum atomic E-state index is 12.8. The first-order valence-corrected chi connectivity index (χ1v) is 28.7. The molecule has 0 heterocycles. The molecular weight excluding hydrogens is 877 g/mol. The minimum absolute atomic E-state index is 0.103. The van der Waals surface area contributed by atoms with Gasteiger partial charge in [0, 0.05) is 19.3 Å². The number of carbonyl (C=O) groups excluding carboxylic acids is 3. The number of carbonyl (C=O) groups is 3. The summed E-state index contributed by atoms with van der Waals surface area (Å²) in [4.78, 5) is 38.1. The lowest BCUT2D eigenvalue weighted by Crippen LogP contribution is -2.30. The molecule has 0 aliphatic rings. The minimum Gasteiger partial charge on any atom is -0.462 e. The van der Waals surface area contributed by atoms with Crippen molar-refractivity contribution in [2.24, 2.45) is 0 Å². The standard InChI is InChI=1S/C65H104O6/c1-4-7-10-13-16-19-22-25-26-27-28-29-30-31-32-33-34-35-36-37-38-41-43-46-49-52-55-58-64(67)70-61-62(71-65(68)59-56-53-50-47-44-40-24-21-18-15-12-9-6-3)60-69-63(66)57-54-51-48-45-42-39-23-20-17-14-11-8-5-2/h7,9-12,14,16,18-21,23,25-26,28-29,31-32,34-35,40,44,62H,4-6,8,13,15,17,22,24,27,30,33,36-39,41-43,45-61H2,1-3H3/b10-7-,12-9-,14-11-,19-16-,21-18-,23-20-,26-25-,29-28-,32-31-,35-34-,44-40-. The van der Waals surface area contributed by atoms with Crippen LogP contribution in [-0.2, 0) is 28.6 Å². The molecule has 0 fully saturated rings. The van der Waals surface area contributed by atoms with Gasteiger partial charge in [0.05, 0.1) is 0 Å². The highest BCUT2D eigenvalue weighted by Crippen LogP contribution is 2.14. The van der Waals surface area contributed by atoms with Crippen molar-refractivity contribution >= 4 is 17.9 Å². The fourth-order valence-electron chi connectivity index (χ4n) is 7.38. The van der Waals surface area contributed by atoms with Crippen LogP contribution in [0.2, 0.25) is 0 Å². The van der Waals surface area contributed by atoms with E-state index in [0.29, 0.717) is 12.8 Å². The SMILES string of the molecule is CC/C=C\C/C=C\C/C=C\C/C=C\C/C=C\C/C=C\CCCCCCCCCCC(=O)OCC(COC(=O)CCCCCCC/C=C\C/C=C\CCC)OC(=O)CCCCC/C=C\C/C=C\C/C=C\CC. The molecular formula is C65H104O6. The number of rotatable bonds is 50. The van der Waals surface area contributed by atoms with E-state index in [-0.39, 0.29) is 37.5 Å². The number of unbranched alkanes of at least 4 members (excludes halogenated alkanes) is 17. The minimum atomic E-state index is -0.807. The third kappa shape index (κ3) is 56.3. The third-order valence-corrected chi connectivity index (χ3v) is 11.6. The Labute approximate surface area is 436 Å². The average molecular weight is 982 g/mol. The molecule has 0 N–H and O–H groups in total. The van der Waals surface area contributed by atoms with Crippen molar-refractivity contribution in [1.29, 1.82) is 0 Å². The van der Waals surface area contributed by atoms with E-state index >= 15 is 0 Å². The van der Waals surface area contributed by atoms with Crippen LogP contribution in [0.15, 0.2) is 134 Å². The van der Waals surface area contributed by atoms with Crippen molar-refractivity contribution in [3.05, 3.63) is 134 Å². The van der Waals surface area contributed by atoms with Gasteiger partial charge >= 0.3 is 17.9 Å². The molecule has 400 valence electrons. The van der Waals surface area contributed by atoms with Crippen LogP contribution in [-0.4, -0.2) is 37.2 Å². The van der Waals surface area contributed by atoms with E-state index in [2.05, 4.69) is 154 Å². The summed E-state index contributed by atoms with van der Waals surface area (Å²) in [7, 11) is 0. The first-order valence-electron chi connectivity index (χ1n) is 28.7. The second kappa shape index (κ2) is 58.1. The summed E-state index contributed by atoms with van der Waals surface area (Å²) in [5, 5.41) is 0. The first kappa shape index (κ1) is 66.6. The molecule has 0 aromatic carbocycles. The largest absolute Gasteiger partial charge is 0.462 e. The lowest BCUT2D eigenvalue weighted by Gasteiger charge is -2.18. The van der Waals surface area contributed by atoms with Crippen molar-refractivity contribution in [2.75, 3.05) is 13.2 Å². The Morgan fingerprint density at radius 3 is 0.873 bits per heavy atom. The molecule has 1 unspecified atom stereocenters. The van der Waals surface area contributed by atoms with Crippen molar-refractivity contribution in [3.8, 4) is 0 Å². The van der Waals surface area contributed by atoms with Gasteiger partial charge in [-0.05, 0) is 128 Å². The van der Waals surface area contributed by atoms with Crippen LogP contribution in [0.4, 0.5) is 0 Å². The monoisotopic (exact) mass is 981 g/mol. The smallest absolute Gasteiger partial charge is 0.306 e. The summed E-state index contributed by atoms with van der Waals surface area (Å²) in [5.74, 6) is -0.961. The van der Waals surface area contributed by atoms with Crippen molar-refractivity contribution in [3.63, 3.8) is 0 Å². The van der Waals surface area contributed by atoms with Crippen molar-refractivity contribution < 1.29 is 28.6 Å². The Morgan fingerprint density at radius 1 is 0.296 bits per heavy atom. The lowest BCUT2D eigenvalue weighted by molar-refractivity contribution is -0.167. The summed E-state index contributed by atoms with van der Waals surface area (Å²) in [6, 6.07) is 0. The van der Waals surface area contributed by atoms with E-state index < -0.39 is 6.10 Å². The van der Waals surface area contributed by atoms with Crippen LogP contribution in [0.5, 0.6) is 0 Å². The second-order valence-corrected chi connectivity index (χ2v) is 18.4. The lowest BCUT2D eigenvalue weighted by atomic mass is 10.1. The molecule has 6 heteroatoms. The molecule has 0 amide bonds. The van der Waals surface area contributed by atoms with E-state index in [1.807, 2.05) is 0 Å². The van der Waals surface area contributed by atoms with Crippen LogP contribution in [0, 0.1) is 0 Å². The summed E-state index contributed by atoms with van der Waals surface area (Å²) in [6.07, 6.45) is 81.6. The number of allylic oxidation sites excluding steroid dienone is 22. The fraction of sp³-hybridized carbons (Fsp3) is 0.615. The molecule has 0 aromatic rings. The quantitative estimate of drug-likeness (QED) is 0.0262. The Kier molecular flexibility index (Phi) is 54.5. The number of hydrogen-bond donors (Lipinski definition) is 0. The molecule has 0 saturated carbocycles. The first-order chi connectivity index (χ1) is 35.0. The molecule has 1 atom stereocenters. The average Bonchev–Trinajstić information content (AvgIpc) is 3.37. The van der Waals surface area contributed by atoms with Crippen molar-refractivity contribution in [1.82, 2.24) is 0 Å². The maximum absolute atomic E-state index is 12.8. The summed E-state index contributed by atoms with van der Waals surface area (Å²) in [5.41, 5.74) is 0. The Balaban J connectivity index is 4.35. The van der Waals surface area contributed by atoms with Gasteiger partial charge in [0.1, 0.15) is 13.2 Å². The molecule has 0 saturated heterocycles. The van der Waals surface area contributed by atoms with Gasteiger partial charge in [-0.2, -0.15) is 0 Å². The summed E-state index contributed by atoms with van der Waals surface area (Å²) < 4.78 is 16.8. The van der Waals surface area contributed by atoms with Crippen LogP contribution in [0.1, 0.15) is 239 Å². The zero-order chi connectivity index (χ0) is 51.4.